The summed E-state index contributed by atoms with van der Waals surface area (Å²) in [5, 5.41) is 2.77. The minimum absolute atomic E-state index is 0.0300. The van der Waals surface area contributed by atoms with Gasteiger partial charge >= 0.3 is 0 Å². The van der Waals surface area contributed by atoms with Gasteiger partial charge in [0.15, 0.2) is 0 Å². The largest absolute Gasteiger partial charge is 0.398 e. The zero-order chi connectivity index (χ0) is 11.8. The highest BCUT2D eigenvalue weighted by atomic mass is 16.5. The van der Waals surface area contributed by atoms with Crippen molar-refractivity contribution in [3.8, 4) is 0 Å². The van der Waals surface area contributed by atoms with E-state index < -0.39 is 0 Å². The van der Waals surface area contributed by atoms with E-state index in [4.69, 9.17) is 10.5 Å². The number of carbonyl (C=O) groups is 1. The predicted molar refractivity (Wildman–Crippen MR) is 64.1 cm³/mol. The maximum absolute atomic E-state index is 11.5. The van der Waals surface area contributed by atoms with Crippen LogP contribution < -0.4 is 11.1 Å². The second-order valence-corrected chi connectivity index (χ2v) is 3.42. The van der Waals surface area contributed by atoms with Gasteiger partial charge in [-0.3, -0.25) is 4.79 Å². The van der Waals surface area contributed by atoms with Crippen molar-refractivity contribution in [3.05, 3.63) is 29.8 Å². The lowest BCUT2D eigenvalue weighted by Gasteiger charge is -2.07. The van der Waals surface area contributed by atoms with E-state index >= 15 is 0 Å². The molecule has 1 amide bonds. The second kappa shape index (κ2) is 6.85. The van der Waals surface area contributed by atoms with Crippen molar-refractivity contribution in [2.75, 3.05) is 25.5 Å². The van der Waals surface area contributed by atoms with Crippen LogP contribution in [0.5, 0.6) is 0 Å². The first kappa shape index (κ1) is 12.5. The summed E-state index contributed by atoms with van der Waals surface area (Å²) in [7, 11) is 0. The number of ether oxygens (including phenoxy) is 1. The molecule has 1 aromatic carbocycles. The smallest absolute Gasteiger partial charge is 0.224 e. The molecule has 3 N–H and O–H groups in total. The third-order valence-electron chi connectivity index (χ3n) is 2.18. The molecular weight excluding hydrogens is 204 g/mol. The van der Waals surface area contributed by atoms with E-state index in [1.807, 2.05) is 25.1 Å². The van der Waals surface area contributed by atoms with Gasteiger partial charge in [-0.05, 0) is 18.6 Å². The zero-order valence-electron chi connectivity index (χ0n) is 9.53. The Kier molecular flexibility index (Phi) is 5.36. The summed E-state index contributed by atoms with van der Waals surface area (Å²) in [6.45, 7) is 3.68. The van der Waals surface area contributed by atoms with Crippen LogP contribution in [0.15, 0.2) is 24.3 Å². The summed E-state index contributed by atoms with van der Waals surface area (Å²) >= 11 is 0. The topological polar surface area (TPSA) is 64.3 Å². The van der Waals surface area contributed by atoms with Crippen molar-refractivity contribution in [3.63, 3.8) is 0 Å². The van der Waals surface area contributed by atoms with Crippen molar-refractivity contribution < 1.29 is 9.53 Å². The summed E-state index contributed by atoms with van der Waals surface area (Å²) in [5.74, 6) is -0.0300. The fraction of sp³-hybridized carbons (Fsp3) is 0.417. The van der Waals surface area contributed by atoms with Gasteiger partial charge in [-0.2, -0.15) is 0 Å². The third-order valence-corrected chi connectivity index (χ3v) is 2.18. The number of benzene rings is 1. The molecule has 0 radical (unpaired) electrons. The Morgan fingerprint density at radius 3 is 2.88 bits per heavy atom. The number of carbonyl (C=O) groups excluding carboxylic acids is 1. The van der Waals surface area contributed by atoms with Crippen LogP contribution in [0.25, 0.3) is 0 Å². The molecule has 0 fully saturated rings. The van der Waals surface area contributed by atoms with Gasteiger partial charge in [0.05, 0.1) is 13.0 Å². The Morgan fingerprint density at radius 2 is 2.19 bits per heavy atom. The Balaban J connectivity index is 2.32. The zero-order valence-corrected chi connectivity index (χ0v) is 9.53. The number of anilines is 1. The van der Waals surface area contributed by atoms with Crippen LogP contribution in [0.4, 0.5) is 5.69 Å². The number of amides is 1. The number of hydrogen-bond donors (Lipinski definition) is 2. The third kappa shape index (κ3) is 4.31. The van der Waals surface area contributed by atoms with Gasteiger partial charge in [0.2, 0.25) is 5.91 Å². The Morgan fingerprint density at radius 1 is 1.44 bits per heavy atom. The van der Waals surface area contributed by atoms with Crippen molar-refractivity contribution in [1.29, 1.82) is 0 Å². The molecule has 4 heteroatoms. The maximum Gasteiger partial charge on any atom is 0.224 e. The highest BCUT2D eigenvalue weighted by Crippen LogP contribution is 2.10. The summed E-state index contributed by atoms with van der Waals surface area (Å²) in [4.78, 5) is 11.5. The summed E-state index contributed by atoms with van der Waals surface area (Å²) in [6, 6.07) is 7.38. The molecule has 16 heavy (non-hydrogen) atoms. The van der Waals surface area contributed by atoms with Crippen molar-refractivity contribution in [1.82, 2.24) is 5.32 Å². The summed E-state index contributed by atoms with van der Waals surface area (Å²) < 4.78 is 5.12. The van der Waals surface area contributed by atoms with Gasteiger partial charge in [-0.25, -0.2) is 0 Å². The van der Waals surface area contributed by atoms with Crippen LogP contribution in [0.1, 0.15) is 12.5 Å². The minimum atomic E-state index is -0.0300. The van der Waals surface area contributed by atoms with E-state index in [1.54, 1.807) is 6.07 Å². The normalized spacial score (nSPS) is 10.1. The van der Waals surface area contributed by atoms with Crippen LogP contribution >= 0.6 is 0 Å². The summed E-state index contributed by atoms with van der Waals surface area (Å²) in [5.41, 5.74) is 7.25. The Hall–Kier alpha value is -1.55. The Bertz CT molecular complexity index is 340. The number of nitrogens with one attached hydrogen (secondary N) is 1. The second-order valence-electron chi connectivity index (χ2n) is 3.42. The molecule has 0 aliphatic carbocycles. The summed E-state index contributed by atoms with van der Waals surface area (Å²) in [6.07, 6.45) is 0.318. The van der Waals surface area contributed by atoms with Crippen molar-refractivity contribution >= 4 is 11.6 Å². The maximum atomic E-state index is 11.5. The van der Waals surface area contributed by atoms with E-state index in [0.717, 1.165) is 5.56 Å². The van der Waals surface area contributed by atoms with E-state index in [-0.39, 0.29) is 5.91 Å². The van der Waals surface area contributed by atoms with Crippen LogP contribution in [-0.2, 0) is 16.0 Å². The lowest BCUT2D eigenvalue weighted by atomic mass is 10.1. The molecule has 4 nitrogen and oxygen atoms in total. The minimum Gasteiger partial charge on any atom is -0.398 e. The molecule has 0 atom stereocenters. The van der Waals surface area contributed by atoms with Gasteiger partial charge in [0.1, 0.15) is 0 Å². The van der Waals surface area contributed by atoms with Gasteiger partial charge < -0.3 is 15.8 Å². The monoisotopic (exact) mass is 222 g/mol. The molecule has 0 unspecified atom stereocenters. The highest BCUT2D eigenvalue weighted by molar-refractivity contribution is 5.80. The predicted octanol–water partition coefficient (Wildman–Crippen LogP) is 0.964. The molecule has 0 aliphatic heterocycles. The van der Waals surface area contributed by atoms with E-state index in [9.17, 15) is 4.79 Å². The molecule has 0 saturated heterocycles. The lowest BCUT2D eigenvalue weighted by molar-refractivity contribution is -0.120. The molecule has 0 aromatic heterocycles. The lowest BCUT2D eigenvalue weighted by Crippen LogP contribution is -2.28. The van der Waals surface area contributed by atoms with Crippen LogP contribution in [0.3, 0.4) is 0 Å². The van der Waals surface area contributed by atoms with E-state index in [0.29, 0.717) is 31.9 Å². The molecule has 0 saturated carbocycles. The van der Waals surface area contributed by atoms with E-state index in [1.165, 1.54) is 0 Å². The number of para-hydroxylation sites is 1. The molecule has 88 valence electrons. The van der Waals surface area contributed by atoms with Crippen LogP contribution in [-0.4, -0.2) is 25.7 Å². The van der Waals surface area contributed by atoms with E-state index in [2.05, 4.69) is 5.32 Å². The first-order valence-corrected chi connectivity index (χ1v) is 5.42. The molecule has 1 aromatic rings. The highest BCUT2D eigenvalue weighted by Gasteiger charge is 2.04. The number of rotatable bonds is 6. The quantitative estimate of drug-likeness (QED) is 0.556. The van der Waals surface area contributed by atoms with Gasteiger partial charge in [-0.1, -0.05) is 18.2 Å². The average molecular weight is 222 g/mol. The molecule has 0 spiro atoms. The number of nitrogens with two attached hydrogens (primary N) is 1. The average Bonchev–Trinajstić information content (AvgIpc) is 2.28. The van der Waals surface area contributed by atoms with Crippen molar-refractivity contribution in [2.45, 2.75) is 13.3 Å². The molecule has 0 aliphatic rings. The molecule has 1 rings (SSSR count). The molecule has 0 heterocycles. The van der Waals surface area contributed by atoms with Gasteiger partial charge in [0, 0.05) is 18.8 Å². The number of hydrogen-bond acceptors (Lipinski definition) is 3. The first-order valence-electron chi connectivity index (χ1n) is 5.42. The standard InChI is InChI=1S/C12H18N2O2/c1-2-16-8-7-14-12(15)9-10-5-3-4-6-11(10)13/h3-6H,2,7-9,13H2,1H3,(H,14,15). The molecular formula is C12H18N2O2. The van der Waals surface area contributed by atoms with Crippen molar-refractivity contribution in [2.24, 2.45) is 0 Å². The first-order chi connectivity index (χ1) is 7.74. The SMILES string of the molecule is CCOCCNC(=O)Cc1ccccc1N. The molecule has 0 bridgehead atoms. The Labute approximate surface area is 95.8 Å². The van der Waals surface area contributed by atoms with Crippen LogP contribution in [0.2, 0.25) is 0 Å². The number of nitrogen functional groups attached to an aromatic ring is 1. The fourth-order valence-corrected chi connectivity index (χ4v) is 1.34. The fourth-order valence-electron chi connectivity index (χ4n) is 1.34. The van der Waals surface area contributed by atoms with Gasteiger partial charge in [-0.15, -0.1) is 0 Å². The van der Waals surface area contributed by atoms with Gasteiger partial charge in [0.25, 0.3) is 0 Å². The van der Waals surface area contributed by atoms with Crippen LogP contribution in [0, 0.1) is 0 Å².